The zero-order valence-corrected chi connectivity index (χ0v) is 12.6. The smallest absolute Gasteiger partial charge is 0.256 e. The van der Waals surface area contributed by atoms with Gasteiger partial charge in [0.2, 0.25) is 0 Å². The third-order valence-electron chi connectivity index (χ3n) is 2.38. The number of halogens is 3. The van der Waals surface area contributed by atoms with Crippen LogP contribution in [0.5, 0.6) is 5.75 Å². The molecule has 0 aliphatic heterocycles. The number of carbonyl (C=O) groups excluding carboxylic acids is 1. The van der Waals surface area contributed by atoms with Crippen molar-refractivity contribution in [2.45, 2.75) is 0 Å². The maximum absolute atomic E-state index is 13.5. The van der Waals surface area contributed by atoms with Crippen LogP contribution in [0.2, 0.25) is 0 Å². The van der Waals surface area contributed by atoms with Gasteiger partial charge in [0.05, 0.1) is 11.3 Å². The molecule has 0 spiro atoms. The molecular weight excluding hydrogens is 381 g/mol. The molecular formula is C13H8Br2FNO2. The minimum absolute atomic E-state index is 0.0117. The lowest BCUT2D eigenvalue weighted by atomic mass is 10.2. The average Bonchev–Trinajstić information content (AvgIpc) is 2.32. The first-order valence-corrected chi connectivity index (χ1v) is 6.81. The van der Waals surface area contributed by atoms with Crippen molar-refractivity contribution in [2.75, 3.05) is 5.32 Å². The Kier molecular flexibility index (Phi) is 4.21. The van der Waals surface area contributed by atoms with Crippen molar-refractivity contribution in [3.8, 4) is 5.75 Å². The van der Waals surface area contributed by atoms with Gasteiger partial charge in [-0.15, -0.1) is 0 Å². The standard InChI is InChI=1S/C13H8Br2FNO2/c14-7-1-3-9(10(15)5-7)13(19)17-12-4-2-8(18)6-11(12)16/h1-6,18H,(H,17,19). The van der Waals surface area contributed by atoms with Crippen molar-refractivity contribution in [2.24, 2.45) is 0 Å². The van der Waals surface area contributed by atoms with Gasteiger partial charge in [0.15, 0.2) is 0 Å². The van der Waals surface area contributed by atoms with Crippen molar-refractivity contribution in [3.05, 3.63) is 56.7 Å². The van der Waals surface area contributed by atoms with Gasteiger partial charge in [-0.1, -0.05) is 15.9 Å². The van der Waals surface area contributed by atoms with Gasteiger partial charge in [0.25, 0.3) is 5.91 Å². The molecule has 0 unspecified atom stereocenters. The second-order valence-corrected chi connectivity index (χ2v) is 5.51. The largest absolute Gasteiger partial charge is 0.508 e. The summed E-state index contributed by atoms with van der Waals surface area (Å²) in [5, 5.41) is 11.5. The number of anilines is 1. The third kappa shape index (κ3) is 3.33. The van der Waals surface area contributed by atoms with Crippen LogP contribution in [-0.4, -0.2) is 11.0 Å². The highest BCUT2D eigenvalue weighted by Crippen LogP contribution is 2.24. The lowest BCUT2D eigenvalue weighted by Gasteiger charge is -2.08. The molecule has 0 radical (unpaired) electrons. The number of hydrogen-bond donors (Lipinski definition) is 2. The molecule has 0 fully saturated rings. The van der Waals surface area contributed by atoms with Crippen LogP contribution in [0.3, 0.4) is 0 Å². The zero-order valence-electron chi connectivity index (χ0n) is 9.45. The molecule has 2 N–H and O–H groups in total. The number of hydrogen-bond acceptors (Lipinski definition) is 2. The third-order valence-corrected chi connectivity index (χ3v) is 3.53. The summed E-state index contributed by atoms with van der Waals surface area (Å²) < 4.78 is 14.9. The van der Waals surface area contributed by atoms with Gasteiger partial charge < -0.3 is 10.4 Å². The summed E-state index contributed by atoms with van der Waals surface area (Å²) in [4.78, 5) is 12.0. The van der Waals surface area contributed by atoms with E-state index >= 15 is 0 Å². The number of carbonyl (C=O) groups is 1. The topological polar surface area (TPSA) is 49.3 Å². The van der Waals surface area contributed by atoms with E-state index in [2.05, 4.69) is 37.2 Å². The average molecular weight is 389 g/mol. The van der Waals surface area contributed by atoms with Crippen molar-refractivity contribution in [1.29, 1.82) is 0 Å². The molecule has 2 rings (SSSR count). The highest BCUT2D eigenvalue weighted by atomic mass is 79.9. The number of rotatable bonds is 2. The summed E-state index contributed by atoms with van der Waals surface area (Å²) >= 11 is 6.55. The molecule has 1 amide bonds. The Hall–Kier alpha value is -1.40. The highest BCUT2D eigenvalue weighted by molar-refractivity contribution is 9.11. The first kappa shape index (κ1) is 14.0. The Bertz CT molecular complexity index is 647. The maximum Gasteiger partial charge on any atom is 0.256 e. The van der Waals surface area contributed by atoms with Gasteiger partial charge in [0, 0.05) is 15.0 Å². The summed E-state index contributed by atoms with van der Waals surface area (Å²) in [7, 11) is 0. The molecule has 2 aromatic carbocycles. The molecule has 0 saturated carbocycles. The van der Waals surface area contributed by atoms with Gasteiger partial charge in [0.1, 0.15) is 11.6 Å². The SMILES string of the molecule is O=C(Nc1ccc(O)cc1F)c1ccc(Br)cc1Br. The molecule has 0 aliphatic rings. The Morgan fingerprint density at radius 1 is 1.16 bits per heavy atom. The van der Waals surface area contributed by atoms with E-state index in [1.54, 1.807) is 18.2 Å². The molecule has 0 aromatic heterocycles. The Morgan fingerprint density at radius 3 is 2.53 bits per heavy atom. The lowest BCUT2D eigenvalue weighted by molar-refractivity contribution is 0.102. The Labute approximate surface area is 125 Å². The van der Waals surface area contributed by atoms with E-state index in [0.717, 1.165) is 10.5 Å². The second kappa shape index (κ2) is 5.71. The predicted octanol–water partition coefficient (Wildman–Crippen LogP) is 4.31. The van der Waals surface area contributed by atoms with E-state index in [1.807, 2.05) is 0 Å². The minimum Gasteiger partial charge on any atom is -0.508 e. The van der Waals surface area contributed by atoms with Gasteiger partial charge in [-0.05, 0) is 46.3 Å². The van der Waals surface area contributed by atoms with Crippen LogP contribution < -0.4 is 5.32 Å². The van der Waals surface area contributed by atoms with Crippen molar-refractivity contribution in [3.63, 3.8) is 0 Å². The fourth-order valence-corrected chi connectivity index (χ4v) is 2.70. The number of phenols is 1. The van der Waals surface area contributed by atoms with Gasteiger partial charge in [-0.25, -0.2) is 4.39 Å². The Morgan fingerprint density at radius 2 is 1.89 bits per heavy atom. The fourth-order valence-electron chi connectivity index (χ4n) is 1.47. The highest BCUT2D eigenvalue weighted by Gasteiger charge is 2.12. The normalized spacial score (nSPS) is 10.3. The number of nitrogens with one attached hydrogen (secondary N) is 1. The van der Waals surface area contributed by atoms with E-state index in [0.29, 0.717) is 10.0 Å². The zero-order chi connectivity index (χ0) is 14.0. The van der Waals surface area contributed by atoms with E-state index < -0.39 is 11.7 Å². The molecule has 2 aromatic rings. The van der Waals surface area contributed by atoms with Crippen LogP contribution in [0.25, 0.3) is 0 Å². The van der Waals surface area contributed by atoms with Crippen molar-refractivity contribution < 1.29 is 14.3 Å². The maximum atomic E-state index is 13.5. The molecule has 0 saturated heterocycles. The minimum atomic E-state index is -0.693. The van der Waals surface area contributed by atoms with Crippen molar-refractivity contribution in [1.82, 2.24) is 0 Å². The van der Waals surface area contributed by atoms with E-state index in [9.17, 15) is 9.18 Å². The van der Waals surface area contributed by atoms with Crippen LogP contribution in [0, 0.1) is 5.82 Å². The molecule has 19 heavy (non-hydrogen) atoms. The molecule has 0 atom stereocenters. The van der Waals surface area contributed by atoms with Crippen molar-refractivity contribution >= 4 is 43.5 Å². The quantitative estimate of drug-likeness (QED) is 0.753. The molecule has 0 aliphatic carbocycles. The second-order valence-electron chi connectivity index (χ2n) is 3.74. The van der Waals surface area contributed by atoms with E-state index in [1.165, 1.54) is 12.1 Å². The van der Waals surface area contributed by atoms with E-state index in [-0.39, 0.29) is 11.4 Å². The van der Waals surface area contributed by atoms with Crippen LogP contribution in [0.15, 0.2) is 45.3 Å². The van der Waals surface area contributed by atoms with E-state index in [4.69, 9.17) is 5.11 Å². The summed E-state index contributed by atoms with van der Waals surface area (Å²) in [5.74, 6) is -1.33. The molecule has 0 bridgehead atoms. The van der Waals surface area contributed by atoms with Crippen LogP contribution >= 0.6 is 31.9 Å². The monoisotopic (exact) mass is 387 g/mol. The van der Waals surface area contributed by atoms with Gasteiger partial charge >= 0.3 is 0 Å². The van der Waals surface area contributed by atoms with Gasteiger partial charge in [-0.2, -0.15) is 0 Å². The fraction of sp³-hybridized carbons (Fsp3) is 0. The number of amides is 1. The van der Waals surface area contributed by atoms with Crippen LogP contribution in [-0.2, 0) is 0 Å². The predicted molar refractivity (Wildman–Crippen MR) is 77.9 cm³/mol. The lowest BCUT2D eigenvalue weighted by Crippen LogP contribution is -2.13. The molecule has 98 valence electrons. The summed E-state index contributed by atoms with van der Waals surface area (Å²) in [6, 6.07) is 8.59. The molecule has 0 heterocycles. The Balaban J connectivity index is 2.25. The number of phenolic OH excluding ortho intramolecular Hbond substituents is 1. The first-order chi connectivity index (χ1) is 8.97. The summed E-state index contributed by atoms with van der Waals surface area (Å²) in [6.45, 7) is 0. The molecule has 3 nitrogen and oxygen atoms in total. The summed E-state index contributed by atoms with van der Waals surface area (Å²) in [5.41, 5.74) is 0.397. The first-order valence-electron chi connectivity index (χ1n) is 5.22. The van der Waals surface area contributed by atoms with Gasteiger partial charge in [-0.3, -0.25) is 4.79 Å². The number of aromatic hydroxyl groups is 1. The van der Waals surface area contributed by atoms with Crippen LogP contribution in [0.4, 0.5) is 10.1 Å². The number of benzene rings is 2. The van der Waals surface area contributed by atoms with Crippen LogP contribution in [0.1, 0.15) is 10.4 Å². The summed E-state index contributed by atoms with van der Waals surface area (Å²) in [6.07, 6.45) is 0. The molecule has 6 heteroatoms.